The molecule has 0 N–H and O–H groups in total. The fraction of sp³-hybridized carbons (Fsp3) is 0.444. The van der Waals surface area contributed by atoms with E-state index >= 15 is 0 Å². The Hall–Kier alpha value is -1.39. The summed E-state index contributed by atoms with van der Waals surface area (Å²) in [5.74, 6) is 0. The van der Waals surface area contributed by atoms with Crippen LogP contribution < -0.4 is 0 Å². The summed E-state index contributed by atoms with van der Waals surface area (Å²) in [5, 5.41) is 0. The monoisotopic (exact) mass is 322 g/mol. The van der Waals surface area contributed by atoms with E-state index in [0.717, 1.165) is 5.56 Å². The van der Waals surface area contributed by atoms with E-state index in [9.17, 15) is 8.42 Å². The molecular formula is C18H26O3S. The molecule has 1 unspecified atom stereocenters. The number of benzene rings is 1. The molecule has 4 heteroatoms. The van der Waals surface area contributed by atoms with Gasteiger partial charge >= 0.3 is 0 Å². The van der Waals surface area contributed by atoms with Crippen LogP contribution in [0.15, 0.2) is 54.6 Å². The molecule has 0 heterocycles. The summed E-state index contributed by atoms with van der Waals surface area (Å²) in [4.78, 5) is 0. The van der Waals surface area contributed by atoms with Crippen molar-refractivity contribution >= 4 is 10.1 Å². The lowest BCUT2D eigenvalue weighted by molar-refractivity contribution is 0.307. The number of hydrogen-bond acceptors (Lipinski definition) is 3. The third-order valence-electron chi connectivity index (χ3n) is 3.67. The van der Waals surface area contributed by atoms with Crippen molar-refractivity contribution in [2.24, 2.45) is 0 Å². The van der Waals surface area contributed by atoms with Gasteiger partial charge in [-0.2, -0.15) is 8.42 Å². The van der Waals surface area contributed by atoms with Crippen LogP contribution in [0.3, 0.4) is 0 Å². The molecule has 1 atom stereocenters. The molecule has 0 spiro atoms. The number of rotatable bonds is 9. The fourth-order valence-electron chi connectivity index (χ4n) is 2.03. The highest BCUT2D eigenvalue weighted by Crippen LogP contribution is 2.27. The van der Waals surface area contributed by atoms with Crippen molar-refractivity contribution in [2.75, 3.05) is 6.61 Å². The van der Waals surface area contributed by atoms with Gasteiger partial charge in [-0.25, -0.2) is 0 Å². The van der Waals surface area contributed by atoms with Gasteiger partial charge in [0.2, 0.25) is 0 Å². The smallest absolute Gasteiger partial charge is 0.269 e. The molecule has 22 heavy (non-hydrogen) atoms. The lowest BCUT2D eigenvalue weighted by Crippen LogP contribution is -2.35. The van der Waals surface area contributed by atoms with Gasteiger partial charge in [-0.15, -0.1) is 6.58 Å². The third kappa shape index (κ3) is 5.43. The van der Waals surface area contributed by atoms with Gasteiger partial charge < -0.3 is 0 Å². The molecule has 1 aromatic carbocycles. The largest absolute Gasteiger partial charge is 0.276 e. The van der Waals surface area contributed by atoms with Gasteiger partial charge in [-0.05, 0) is 45.6 Å². The van der Waals surface area contributed by atoms with Gasteiger partial charge in [-0.1, -0.05) is 48.1 Å². The molecule has 0 bridgehead atoms. The van der Waals surface area contributed by atoms with Crippen molar-refractivity contribution in [1.82, 2.24) is 0 Å². The first-order valence-corrected chi connectivity index (χ1v) is 8.91. The molecule has 0 radical (unpaired) electrons. The van der Waals surface area contributed by atoms with Crippen molar-refractivity contribution in [2.45, 2.75) is 44.8 Å². The lowest BCUT2D eigenvalue weighted by atomic mass is 10.0. The summed E-state index contributed by atoms with van der Waals surface area (Å²) in [6.45, 7) is 9.49. The quantitative estimate of drug-likeness (QED) is 0.504. The van der Waals surface area contributed by atoms with Crippen LogP contribution in [0.2, 0.25) is 0 Å². The van der Waals surface area contributed by atoms with Crippen LogP contribution in [0.5, 0.6) is 0 Å². The number of allylic oxidation sites excluding steroid dienone is 2. The van der Waals surface area contributed by atoms with Crippen LogP contribution in [0.1, 0.15) is 39.2 Å². The molecule has 1 rings (SSSR count). The summed E-state index contributed by atoms with van der Waals surface area (Å²) in [7, 11) is -3.69. The predicted molar refractivity (Wildman–Crippen MR) is 92.3 cm³/mol. The molecule has 0 aliphatic rings. The minimum atomic E-state index is -3.69. The molecule has 0 saturated heterocycles. The van der Waals surface area contributed by atoms with Gasteiger partial charge in [-0.3, -0.25) is 4.18 Å². The van der Waals surface area contributed by atoms with Gasteiger partial charge in [0.15, 0.2) is 0 Å². The first kappa shape index (κ1) is 18.7. The number of hydrogen-bond donors (Lipinski definition) is 0. The Labute approximate surface area is 134 Å². The maximum absolute atomic E-state index is 12.4. The zero-order valence-electron chi connectivity index (χ0n) is 13.7. The average Bonchev–Trinajstić information content (AvgIpc) is 2.47. The molecular weight excluding hydrogens is 296 g/mol. The maximum Gasteiger partial charge on any atom is 0.276 e. The standard InChI is InChI=1S/C18H26O3S/c1-5-18(4,14-9-10-16(2)3)22(19,20)21-15-13-17-11-7-6-8-12-17/h5-8,10-12H,1,9,13-15H2,2-4H3. The van der Waals surface area contributed by atoms with E-state index in [-0.39, 0.29) is 6.61 Å². The van der Waals surface area contributed by atoms with E-state index in [1.807, 2.05) is 50.3 Å². The minimum absolute atomic E-state index is 0.151. The van der Waals surface area contributed by atoms with Gasteiger partial charge in [0.1, 0.15) is 4.75 Å². The van der Waals surface area contributed by atoms with Crippen LogP contribution in [0.4, 0.5) is 0 Å². The topological polar surface area (TPSA) is 43.4 Å². The summed E-state index contributed by atoms with van der Waals surface area (Å²) in [6, 6.07) is 9.70. The molecule has 0 amide bonds. The van der Waals surface area contributed by atoms with Crippen molar-refractivity contribution in [3.05, 3.63) is 60.2 Å². The van der Waals surface area contributed by atoms with Crippen molar-refractivity contribution < 1.29 is 12.6 Å². The van der Waals surface area contributed by atoms with Crippen molar-refractivity contribution in [3.8, 4) is 0 Å². The molecule has 0 saturated carbocycles. The van der Waals surface area contributed by atoms with Gasteiger partial charge in [0, 0.05) is 0 Å². The normalized spacial score (nSPS) is 14.1. The molecule has 122 valence electrons. The summed E-state index contributed by atoms with van der Waals surface area (Å²) in [5.41, 5.74) is 2.23. The fourth-order valence-corrected chi connectivity index (χ4v) is 3.17. The first-order chi connectivity index (χ1) is 10.3. The van der Waals surface area contributed by atoms with E-state index in [1.54, 1.807) is 6.92 Å². The van der Waals surface area contributed by atoms with Crippen LogP contribution in [0.25, 0.3) is 0 Å². The lowest BCUT2D eigenvalue weighted by Gasteiger charge is -2.24. The Morgan fingerprint density at radius 3 is 2.45 bits per heavy atom. The van der Waals surface area contributed by atoms with Gasteiger partial charge in [0.25, 0.3) is 10.1 Å². The Kier molecular flexibility index (Phi) is 7.04. The van der Waals surface area contributed by atoms with Crippen molar-refractivity contribution in [1.29, 1.82) is 0 Å². The molecule has 1 aromatic rings. The molecule has 0 aliphatic heterocycles. The molecule has 3 nitrogen and oxygen atoms in total. The van der Waals surface area contributed by atoms with E-state index in [2.05, 4.69) is 6.58 Å². The minimum Gasteiger partial charge on any atom is -0.269 e. The first-order valence-electron chi connectivity index (χ1n) is 7.50. The second kappa shape index (κ2) is 8.30. The highest BCUT2D eigenvalue weighted by molar-refractivity contribution is 7.88. The van der Waals surface area contributed by atoms with E-state index in [0.29, 0.717) is 19.3 Å². The summed E-state index contributed by atoms with van der Waals surface area (Å²) in [6.07, 6.45) is 5.23. The highest BCUT2D eigenvalue weighted by Gasteiger charge is 2.36. The van der Waals surface area contributed by atoms with E-state index in [1.165, 1.54) is 11.6 Å². The van der Waals surface area contributed by atoms with Crippen LogP contribution in [0, 0.1) is 0 Å². The Balaban J connectivity index is 2.65. The second-order valence-electron chi connectivity index (χ2n) is 5.85. The third-order valence-corrected chi connectivity index (χ3v) is 5.66. The molecule has 0 aromatic heterocycles. The second-order valence-corrected chi connectivity index (χ2v) is 7.93. The maximum atomic E-state index is 12.4. The zero-order chi connectivity index (χ0) is 16.6. The summed E-state index contributed by atoms with van der Waals surface area (Å²) >= 11 is 0. The van der Waals surface area contributed by atoms with Crippen LogP contribution in [-0.2, 0) is 20.7 Å². The average molecular weight is 322 g/mol. The zero-order valence-corrected chi connectivity index (χ0v) is 14.5. The van der Waals surface area contributed by atoms with Gasteiger partial charge in [0.05, 0.1) is 6.61 Å². The van der Waals surface area contributed by atoms with Crippen molar-refractivity contribution in [3.63, 3.8) is 0 Å². The predicted octanol–water partition coefficient (Wildman–Crippen LogP) is 4.27. The van der Waals surface area contributed by atoms with Crippen LogP contribution >= 0.6 is 0 Å². The van der Waals surface area contributed by atoms with E-state index in [4.69, 9.17) is 4.18 Å². The SMILES string of the molecule is C=CC(C)(CCC=C(C)C)S(=O)(=O)OCCc1ccccc1. The Bertz CT molecular complexity index is 598. The van der Waals surface area contributed by atoms with E-state index < -0.39 is 14.9 Å². The highest BCUT2D eigenvalue weighted by atomic mass is 32.2. The molecule has 0 fully saturated rings. The Morgan fingerprint density at radius 1 is 1.27 bits per heavy atom. The molecule has 0 aliphatic carbocycles. The summed E-state index contributed by atoms with van der Waals surface area (Å²) < 4.78 is 29.0. The van der Waals surface area contributed by atoms with Crippen LogP contribution in [-0.4, -0.2) is 19.8 Å². The Morgan fingerprint density at radius 2 is 1.91 bits per heavy atom.